The molecule has 1 saturated heterocycles. The average Bonchev–Trinajstić information content (AvgIpc) is 2.59. The zero-order chi connectivity index (χ0) is 16.2. The quantitative estimate of drug-likeness (QED) is 0.814. The number of nitrogens with one attached hydrogen (secondary N) is 1. The molecule has 1 aromatic heterocycles. The number of pyridine rings is 1. The fourth-order valence-electron chi connectivity index (χ4n) is 2.86. The van der Waals surface area contributed by atoms with Gasteiger partial charge in [-0.05, 0) is 49.1 Å². The number of carbonyl (C=O) groups excluding carboxylic acids is 1. The molecule has 4 nitrogen and oxygen atoms in total. The summed E-state index contributed by atoms with van der Waals surface area (Å²) in [5.74, 6) is 0. The molecule has 0 radical (unpaired) electrons. The second-order valence-corrected chi connectivity index (χ2v) is 6.36. The standard InChI is InChI=1S/C17H17Cl2N3O/c18-14-7-6-13(10-15(14)19)21-17(23)22-9-2-1-5-16(22)12-4-3-8-20-11-12/h3-4,6-8,10-11,16H,1-2,5,9H2,(H,21,23)/t16-/m1/s1. The summed E-state index contributed by atoms with van der Waals surface area (Å²) in [4.78, 5) is 18.7. The Morgan fingerprint density at radius 3 is 2.83 bits per heavy atom. The molecule has 1 fully saturated rings. The Labute approximate surface area is 145 Å². The van der Waals surface area contributed by atoms with Crippen molar-refractivity contribution in [3.05, 3.63) is 58.3 Å². The van der Waals surface area contributed by atoms with Crippen molar-refractivity contribution < 1.29 is 4.79 Å². The first kappa shape index (κ1) is 16.1. The number of amides is 2. The van der Waals surface area contributed by atoms with E-state index in [0.29, 0.717) is 15.7 Å². The fraction of sp³-hybridized carbons (Fsp3) is 0.294. The van der Waals surface area contributed by atoms with Crippen molar-refractivity contribution >= 4 is 34.9 Å². The van der Waals surface area contributed by atoms with Crippen molar-refractivity contribution in [2.45, 2.75) is 25.3 Å². The van der Waals surface area contributed by atoms with Gasteiger partial charge >= 0.3 is 6.03 Å². The van der Waals surface area contributed by atoms with Gasteiger partial charge in [0.1, 0.15) is 0 Å². The minimum absolute atomic E-state index is 0.0558. The zero-order valence-electron chi connectivity index (χ0n) is 12.5. The number of halogens is 2. The molecular weight excluding hydrogens is 333 g/mol. The van der Waals surface area contributed by atoms with E-state index in [9.17, 15) is 4.79 Å². The lowest BCUT2D eigenvalue weighted by molar-refractivity contribution is 0.163. The highest BCUT2D eigenvalue weighted by Crippen LogP contribution is 2.31. The van der Waals surface area contributed by atoms with Crippen LogP contribution in [0.1, 0.15) is 30.9 Å². The molecular formula is C17H17Cl2N3O. The van der Waals surface area contributed by atoms with Crippen LogP contribution in [-0.2, 0) is 0 Å². The summed E-state index contributed by atoms with van der Waals surface area (Å²) in [7, 11) is 0. The zero-order valence-corrected chi connectivity index (χ0v) is 14.0. The van der Waals surface area contributed by atoms with Crippen molar-refractivity contribution in [1.82, 2.24) is 9.88 Å². The molecule has 2 aromatic rings. The van der Waals surface area contributed by atoms with E-state index in [4.69, 9.17) is 23.2 Å². The molecule has 2 heterocycles. The summed E-state index contributed by atoms with van der Waals surface area (Å²) in [6, 6.07) is 8.92. The molecule has 0 spiro atoms. The smallest absolute Gasteiger partial charge is 0.317 e. The number of hydrogen-bond acceptors (Lipinski definition) is 2. The van der Waals surface area contributed by atoms with E-state index in [1.165, 1.54) is 0 Å². The predicted molar refractivity (Wildman–Crippen MR) is 93.0 cm³/mol. The van der Waals surface area contributed by atoms with Crippen LogP contribution < -0.4 is 5.32 Å². The minimum Gasteiger partial charge on any atom is -0.317 e. The van der Waals surface area contributed by atoms with Crippen LogP contribution in [-0.4, -0.2) is 22.5 Å². The van der Waals surface area contributed by atoms with Crippen LogP contribution in [0.5, 0.6) is 0 Å². The predicted octanol–water partition coefficient (Wildman–Crippen LogP) is 5.15. The average molecular weight is 350 g/mol. The van der Waals surface area contributed by atoms with Crippen LogP contribution in [0.15, 0.2) is 42.7 Å². The first-order valence-corrected chi connectivity index (χ1v) is 8.33. The summed E-state index contributed by atoms with van der Waals surface area (Å²) < 4.78 is 0. The second-order valence-electron chi connectivity index (χ2n) is 5.55. The molecule has 23 heavy (non-hydrogen) atoms. The first-order valence-electron chi connectivity index (χ1n) is 7.58. The molecule has 6 heteroatoms. The molecule has 120 valence electrons. The lowest BCUT2D eigenvalue weighted by Crippen LogP contribution is -2.41. The number of likely N-dealkylation sites (tertiary alicyclic amines) is 1. The highest BCUT2D eigenvalue weighted by Gasteiger charge is 2.28. The Kier molecular flexibility index (Phi) is 5.03. The molecule has 0 saturated carbocycles. The number of hydrogen-bond donors (Lipinski definition) is 1. The van der Waals surface area contributed by atoms with Gasteiger partial charge in [-0.15, -0.1) is 0 Å². The van der Waals surface area contributed by atoms with E-state index < -0.39 is 0 Å². The van der Waals surface area contributed by atoms with E-state index >= 15 is 0 Å². The van der Waals surface area contributed by atoms with Crippen molar-refractivity contribution in [1.29, 1.82) is 0 Å². The van der Waals surface area contributed by atoms with Gasteiger partial charge < -0.3 is 10.2 Å². The molecule has 1 aromatic carbocycles. The molecule has 1 atom stereocenters. The lowest BCUT2D eigenvalue weighted by Gasteiger charge is -2.35. The fourth-order valence-corrected chi connectivity index (χ4v) is 3.16. The Morgan fingerprint density at radius 1 is 1.22 bits per heavy atom. The van der Waals surface area contributed by atoms with E-state index in [2.05, 4.69) is 10.3 Å². The third-order valence-electron chi connectivity index (χ3n) is 4.00. The molecule has 0 aliphatic carbocycles. The number of carbonyl (C=O) groups is 1. The Hall–Kier alpha value is -1.78. The molecule has 1 aliphatic heterocycles. The van der Waals surface area contributed by atoms with Crippen LogP contribution in [0.3, 0.4) is 0 Å². The molecule has 0 unspecified atom stereocenters. The summed E-state index contributed by atoms with van der Waals surface area (Å²) in [5, 5.41) is 3.79. The van der Waals surface area contributed by atoms with E-state index in [-0.39, 0.29) is 12.1 Å². The Bertz CT molecular complexity index is 693. The summed E-state index contributed by atoms with van der Waals surface area (Å²) in [5.41, 5.74) is 1.70. The van der Waals surface area contributed by atoms with Crippen molar-refractivity contribution in [3.8, 4) is 0 Å². The van der Waals surface area contributed by atoms with E-state index in [1.54, 1.807) is 24.4 Å². The maximum absolute atomic E-state index is 12.7. The Balaban J connectivity index is 1.77. The van der Waals surface area contributed by atoms with Crippen molar-refractivity contribution in [2.24, 2.45) is 0 Å². The van der Waals surface area contributed by atoms with Gasteiger partial charge in [-0.2, -0.15) is 0 Å². The molecule has 3 rings (SSSR count). The summed E-state index contributed by atoms with van der Waals surface area (Å²) in [6.45, 7) is 0.729. The minimum atomic E-state index is -0.128. The van der Waals surface area contributed by atoms with Crippen molar-refractivity contribution in [2.75, 3.05) is 11.9 Å². The number of anilines is 1. The van der Waals surface area contributed by atoms with Gasteiger partial charge in [0.05, 0.1) is 16.1 Å². The van der Waals surface area contributed by atoms with Crippen molar-refractivity contribution in [3.63, 3.8) is 0 Å². The number of nitrogens with zero attached hydrogens (tertiary/aromatic N) is 2. The van der Waals surface area contributed by atoms with Crippen LogP contribution in [0.25, 0.3) is 0 Å². The van der Waals surface area contributed by atoms with Gasteiger partial charge in [0.15, 0.2) is 0 Å². The second kappa shape index (κ2) is 7.20. The number of rotatable bonds is 2. The SMILES string of the molecule is O=C(Nc1ccc(Cl)c(Cl)c1)N1CCCC[C@@H]1c1cccnc1. The van der Waals surface area contributed by atoms with Crippen LogP contribution in [0.4, 0.5) is 10.5 Å². The third-order valence-corrected chi connectivity index (χ3v) is 4.74. The van der Waals surface area contributed by atoms with Gasteiger partial charge in [0.25, 0.3) is 0 Å². The lowest BCUT2D eigenvalue weighted by atomic mass is 9.97. The third kappa shape index (κ3) is 3.77. The monoisotopic (exact) mass is 349 g/mol. The summed E-state index contributed by atoms with van der Waals surface area (Å²) in [6.07, 6.45) is 6.63. The topological polar surface area (TPSA) is 45.2 Å². The first-order chi connectivity index (χ1) is 11.1. The van der Waals surface area contributed by atoms with Crippen LogP contribution >= 0.6 is 23.2 Å². The number of benzene rings is 1. The maximum Gasteiger partial charge on any atom is 0.322 e. The molecule has 1 aliphatic rings. The summed E-state index contributed by atoms with van der Waals surface area (Å²) >= 11 is 11.9. The van der Waals surface area contributed by atoms with E-state index in [0.717, 1.165) is 31.4 Å². The number of aromatic nitrogens is 1. The van der Waals surface area contributed by atoms with E-state index in [1.807, 2.05) is 23.2 Å². The number of urea groups is 1. The molecule has 1 N–H and O–H groups in total. The van der Waals surface area contributed by atoms with Gasteiger partial charge in [0, 0.05) is 24.6 Å². The van der Waals surface area contributed by atoms with Gasteiger partial charge in [-0.1, -0.05) is 29.3 Å². The van der Waals surface area contributed by atoms with Gasteiger partial charge in [0.2, 0.25) is 0 Å². The van der Waals surface area contributed by atoms with Gasteiger partial charge in [-0.3, -0.25) is 4.98 Å². The maximum atomic E-state index is 12.7. The highest BCUT2D eigenvalue weighted by atomic mass is 35.5. The van der Waals surface area contributed by atoms with Crippen LogP contribution in [0.2, 0.25) is 10.0 Å². The molecule has 0 bridgehead atoms. The normalized spacial score (nSPS) is 17.8. The largest absolute Gasteiger partial charge is 0.322 e. The van der Waals surface area contributed by atoms with Crippen LogP contribution in [0, 0.1) is 0 Å². The van der Waals surface area contributed by atoms with Gasteiger partial charge in [-0.25, -0.2) is 4.79 Å². The molecule has 2 amide bonds. The number of piperidine rings is 1. The Morgan fingerprint density at radius 2 is 2.09 bits per heavy atom. The highest BCUT2D eigenvalue weighted by molar-refractivity contribution is 6.42.